The molecule has 0 aliphatic carbocycles. The van der Waals surface area contributed by atoms with E-state index >= 15 is 0 Å². The van der Waals surface area contributed by atoms with Gasteiger partial charge in [-0.1, -0.05) is 36.2 Å². The fourth-order valence-corrected chi connectivity index (χ4v) is 3.61. The normalized spacial score (nSPS) is 14.2. The molecule has 0 aliphatic rings. The maximum Gasteiger partial charge on any atom is 0.150 e. The Hall–Kier alpha value is 0.430. The van der Waals surface area contributed by atoms with Crippen molar-refractivity contribution in [3.05, 3.63) is 0 Å². The lowest BCUT2D eigenvalue weighted by atomic mass is 10.2. The second kappa shape index (κ2) is 7.69. The summed E-state index contributed by atoms with van der Waals surface area (Å²) in [4.78, 5) is 0.490. The van der Waals surface area contributed by atoms with Gasteiger partial charge in [0, 0.05) is 10.6 Å². The van der Waals surface area contributed by atoms with Crippen molar-refractivity contribution in [2.45, 2.75) is 50.8 Å². The first-order chi connectivity index (χ1) is 6.52. The van der Waals surface area contributed by atoms with Gasteiger partial charge >= 0.3 is 0 Å². The highest BCUT2D eigenvalue weighted by Crippen LogP contribution is 2.14. The minimum absolute atomic E-state index is 0.341. The Kier molecular flexibility index (Phi) is 7.92. The van der Waals surface area contributed by atoms with Crippen LogP contribution in [-0.4, -0.2) is 24.8 Å². The summed E-state index contributed by atoms with van der Waals surface area (Å²) in [7, 11) is -2.76. The summed E-state index contributed by atoms with van der Waals surface area (Å²) in [5, 5.41) is 0. The third-order valence-electron chi connectivity index (χ3n) is 2.09. The third kappa shape index (κ3) is 7.80. The largest absolute Gasteiger partial charge is 0.229 e. The minimum Gasteiger partial charge on any atom is -0.229 e. The van der Waals surface area contributed by atoms with Crippen molar-refractivity contribution in [3.63, 3.8) is 0 Å². The Morgan fingerprint density at radius 1 is 1.07 bits per heavy atom. The van der Waals surface area contributed by atoms with Crippen molar-refractivity contribution in [2.24, 2.45) is 0 Å². The molecule has 4 heteroatoms. The molecular formula is C10H21BrO2S. The van der Waals surface area contributed by atoms with E-state index in [-0.39, 0.29) is 0 Å². The average Bonchev–Trinajstić information content (AvgIpc) is 2.03. The van der Waals surface area contributed by atoms with Gasteiger partial charge in [0.05, 0.1) is 5.75 Å². The van der Waals surface area contributed by atoms with Gasteiger partial charge < -0.3 is 0 Å². The van der Waals surface area contributed by atoms with Crippen molar-refractivity contribution in [2.75, 3.05) is 11.5 Å². The molecule has 0 aliphatic heterocycles. The Morgan fingerprint density at radius 3 is 2.21 bits per heavy atom. The number of sulfone groups is 1. The van der Waals surface area contributed by atoms with E-state index in [4.69, 9.17) is 0 Å². The van der Waals surface area contributed by atoms with Gasteiger partial charge in [-0.2, -0.15) is 0 Å². The zero-order valence-corrected chi connectivity index (χ0v) is 11.5. The van der Waals surface area contributed by atoms with E-state index in [0.717, 1.165) is 32.1 Å². The van der Waals surface area contributed by atoms with E-state index in [1.165, 1.54) is 0 Å². The number of alkyl halides is 1. The summed E-state index contributed by atoms with van der Waals surface area (Å²) < 4.78 is 22.7. The molecule has 0 heterocycles. The van der Waals surface area contributed by atoms with Crippen molar-refractivity contribution in [3.8, 4) is 0 Å². The van der Waals surface area contributed by atoms with Crippen molar-refractivity contribution < 1.29 is 8.42 Å². The van der Waals surface area contributed by atoms with Crippen molar-refractivity contribution in [1.82, 2.24) is 0 Å². The second-order valence-electron chi connectivity index (χ2n) is 3.68. The minimum atomic E-state index is -2.76. The molecule has 0 rings (SSSR count). The molecule has 0 amide bonds. The molecule has 0 fully saturated rings. The molecule has 0 radical (unpaired) electrons. The third-order valence-corrected chi connectivity index (χ3v) is 4.95. The molecule has 0 spiro atoms. The van der Waals surface area contributed by atoms with E-state index in [1.807, 2.05) is 6.92 Å². The molecule has 2 nitrogen and oxygen atoms in total. The first-order valence-corrected chi connectivity index (χ1v) is 8.10. The van der Waals surface area contributed by atoms with Gasteiger partial charge in [0.15, 0.2) is 0 Å². The Labute approximate surface area is 96.5 Å². The van der Waals surface area contributed by atoms with Crippen LogP contribution in [0.5, 0.6) is 0 Å². The monoisotopic (exact) mass is 284 g/mol. The number of halogens is 1. The highest BCUT2D eigenvalue weighted by atomic mass is 79.9. The zero-order chi connectivity index (χ0) is 11.0. The van der Waals surface area contributed by atoms with Gasteiger partial charge in [0.25, 0.3) is 0 Å². The Balaban J connectivity index is 3.63. The molecule has 0 aromatic heterocycles. The van der Waals surface area contributed by atoms with Crippen LogP contribution in [0.3, 0.4) is 0 Å². The van der Waals surface area contributed by atoms with Crippen LogP contribution < -0.4 is 0 Å². The summed E-state index contributed by atoms with van der Waals surface area (Å²) in [6, 6.07) is 0. The number of rotatable bonds is 8. The van der Waals surface area contributed by atoms with Crippen LogP contribution in [0.4, 0.5) is 0 Å². The van der Waals surface area contributed by atoms with Crippen LogP contribution in [0, 0.1) is 0 Å². The van der Waals surface area contributed by atoms with Gasteiger partial charge in [-0.15, -0.1) is 0 Å². The van der Waals surface area contributed by atoms with Crippen molar-refractivity contribution >= 4 is 25.8 Å². The molecule has 0 saturated heterocycles. The fourth-order valence-electron chi connectivity index (χ4n) is 1.40. The van der Waals surface area contributed by atoms with Crippen LogP contribution in [0.1, 0.15) is 46.0 Å². The molecular weight excluding hydrogens is 264 g/mol. The average molecular weight is 285 g/mol. The van der Waals surface area contributed by atoms with E-state index in [0.29, 0.717) is 16.3 Å². The van der Waals surface area contributed by atoms with Crippen LogP contribution in [0.2, 0.25) is 0 Å². The highest BCUT2D eigenvalue weighted by Gasteiger charge is 2.10. The quantitative estimate of drug-likeness (QED) is 0.642. The van der Waals surface area contributed by atoms with E-state index in [2.05, 4.69) is 22.9 Å². The van der Waals surface area contributed by atoms with Gasteiger partial charge in [0.2, 0.25) is 0 Å². The summed E-state index contributed by atoms with van der Waals surface area (Å²) in [6.45, 7) is 4.05. The van der Waals surface area contributed by atoms with E-state index in [1.54, 1.807) is 0 Å². The Bertz CT molecular complexity index is 224. The lowest BCUT2D eigenvalue weighted by Crippen LogP contribution is -2.11. The first-order valence-electron chi connectivity index (χ1n) is 5.36. The maximum absolute atomic E-state index is 11.4. The van der Waals surface area contributed by atoms with E-state index in [9.17, 15) is 8.42 Å². The summed E-state index contributed by atoms with van der Waals surface area (Å²) in [5.41, 5.74) is 0. The van der Waals surface area contributed by atoms with E-state index < -0.39 is 9.84 Å². The molecule has 1 atom stereocenters. The fraction of sp³-hybridized carbons (Fsp3) is 1.00. The molecule has 86 valence electrons. The second-order valence-corrected chi connectivity index (χ2v) is 7.28. The molecule has 0 aromatic rings. The molecule has 0 N–H and O–H groups in total. The predicted molar refractivity (Wildman–Crippen MR) is 65.8 cm³/mol. The number of hydrogen-bond donors (Lipinski definition) is 0. The molecule has 0 saturated carbocycles. The van der Waals surface area contributed by atoms with Gasteiger partial charge in [-0.25, -0.2) is 8.42 Å². The van der Waals surface area contributed by atoms with Crippen LogP contribution in [0.15, 0.2) is 0 Å². The standard InChI is InChI=1S/C10H21BrO2S/c1-3-6-10(11)7-5-9-14(12,13)8-4-2/h10H,3-9H2,1-2H3. The lowest BCUT2D eigenvalue weighted by molar-refractivity contribution is 0.587. The van der Waals surface area contributed by atoms with Gasteiger partial charge in [0.1, 0.15) is 9.84 Å². The smallest absolute Gasteiger partial charge is 0.150 e. The topological polar surface area (TPSA) is 34.1 Å². The Morgan fingerprint density at radius 2 is 1.71 bits per heavy atom. The summed E-state index contributed by atoms with van der Waals surface area (Å²) >= 11 is 3.55. The predicted octanol–water partition coefficient (Wildman–Crippen LogP) is 3.16. The molecule has 0 bridgehead atoms. The van der Waals surface area contributed by atoms with Crippen LogP contribution >= 0.6 is 15.9 Å². The molecule has 1 unspecified atom stereocenters. The number of hydrogen-bond acceptors (Lipinski definition) is 2. The first kappa shape index (κ1) is 14.4. The van der Waals surface area contributed by atoms with Gasteiger partial charge in [-0.3, -0.25) is 0 Å². The molecule has 0 aromatic carbocycles. The van der Waals surface area contributed by atoms with Gasteiger partial charge in [-0.05, 0) is 25.7 Å². The highest BCUT2D eigenvalue weighted by molar-refractivity contribution is 9.09. The summed E-state index contributed by atoms with van der Waals surface area (Å²) in [6.07, 6.45) is 4.77. The zero-order valence-electron chi connectivity index (χ0n) is 9.13. The lowest BCUT2D eigenvalue weighted by Gasteiger charge is -2.07. The maximum atomic E-state index is 11.4. The SMILES string of the molecule is CCCC(Br)CCCS(=O)(=O)CCC. The van der Waals surface area contributed by atoms with Crippen LogP contribution in [0.25, 0.3) is 0 Å². The molecule has 14 heavy (non-hydrogen) atoms. The van der Waals surface area contributed by atoms with Crippen molar-refractivity contribution in [1.29, 1.82) is 0 Å². The summed E-state index contributed by atoms with van der Waals surface area (Å²) in [5.74, 6) is 0.695. The van der Waals surface area contributed by atoms with Crippen LogP contribution in [-0.2, 0) is 9.84 Å².